The number of nitrogens with one attached hydrogen (secondary N) is 1. The van der Waals surface area contributed by atoms with E-state index in [2.05, 4.69) is 19.3 Å². The van der Waals surface area contributed by atoms with Gasteiger partial charge in [-0.15, -0.1) is 11.8 Å². The largest absolute Gasteiger partial charge is 0.474 e. The Kier molecular flexibility index (Phi) is 6.39. The summed E-state index contributed by atoms with van der Waals surface area (Å²) in [6, 6.07) is 0. The molecular weight excluding hydrogens is 276 g/mol. The second kappa shape index (κ2) is 7.57. The van der Waals surface area contributed by atoms with Gasteiger partial charge in [0.2, 0.25) is 5.91 Å². The molecule has 0 aliphatic carbocycles. The summed E-state index contributed by atoms with van der Waals surface area (Å²) in [5.74, 6) is 1.49. The fraction of sp³-hybridized carbons (Fsp3) is 0.714. The van der Waals surface area contributed by atoms with Crippen LogP contribution in [0.3, 0.4) is 0 Å². The molecule has 1 unspecified atom stereocenters. The first-order valence-corrected chi connectivity index (χ1v) is 7.94. The van der Waals surface area contributed by atoms with E-state index in [4.69, 9.17) is 4.74 Å². The molecule has 0 aromatic rings. The van der Waals surface area contributed by atoms with E-state index in [1.807, 2.05) is 0 Å². The van der Waals surface area contributed by atoms with Gasteiger partial charge in [-0.1, -0.05) is 34.1 Å². The maximum Gasteiger partial charge on any atom is 0.285 e. The van der Waals surface area contributed by atoms with Gasteiger partial charge in [0.1, 0.15) is 10.7 Å². The Morgan fingerprint density at radius 2 is 2.10 bits per heavy atom. The van der Waals surface area contributed by atoms with Crippen LogP contribution in [0.15, 0.2) is 10.7 Å². The molecule has 1 N–H and O–H groups in total. The van der Waals surface area contributed by atoms with Crippen LogP contribution in [-0.4, -0.2) is 29.3 Å². The Morgan fingerprint density at radius 3 is 2.65 bits per heavy atom. The van der Waals surface area contributed by atoms with Gasteiger partial charge in [-0.3, -0.25) is 15.0 Å². The summed E-state index contributed by atoms with van der Waals surface area (Å²) in [7, 11) is 0. The van der Waals surface area contributed by atoms with Gasteiger partial charge < -0.3 is 4.74 Å². The van der Waals surface area contributed by atoms with E-state index in [-0.39, 0.29) is 24.5 Å². The lowest BCUT2D eigenvalue weighted by molar-refractivity contribution is -0.147. The Labute approximate surface area is 125 Å². The topological polar surface area (TPSA) is 58.6 Å². The molecule has 0 saturated heterocycles. The zero-order chi connectivity index (χ0) is 15.3. The van der Waals surface area contributed by atoms with Crippen LogP contribution in [0.1, 0.15) is 41.0 Å². The Hall–Kier alpha value is -1.17. The Bertz CT molecular complexity index is 407. The van der Waals surface area contributed by atoms with Crippen LogP contribution in [-0.2, 0) is 14.3 Å². The third-order valence-corrected chi connectivity index (χ3v) is 4.63. The molecule has 1 aliphatic rings. The van der Waals surface area contributed by atoms with Crippen LogP contribution in [0.4, 0.5) is 0 Å². The number of nitrogens with zero attached hydrogens (tertiary/aromatic N) is 1. The van der Waals surface area contributed by atoms with Crippen molar-refractivity contribution >= 4 is 23.6 Å². The maximum atomic E-state index is 12.3. The molecule has 114 valence electrons. The summed E-state index contributed by atoms with van der Waals surface area (Å²) in [5, 5.41) is 1.24. The lowest BCUT2D eigenvalue weighted by Crippen LogP contribution is -2.50. The number of allylic oxidation sites excluding steroid dienone is 1. The van der Waals surface area contributed by atoms with E-state index in [0.717, 1.165) is 12.2 Å². The minimum atomic E-state index is -0.187. The molecule has 2 amide bonds. The van der Waals surface area contributed by atoms with Crippen LogP contribution in [0.5, 0.6) is 0 Å². The van der Waals surface area contributed by atoms with Gasteiger partial charge in [-0.05, 0) is 12.8 Å². The molecule has 0 spiro atoms. The van der Waals surface area contributed by atoms with Crippen molar-refractivity contribution in [2.45, 2.75) is 41.0 Å². The number of ether oxygens (including phenoxy) is 1. The molecule has 0 radical (unpaired) electrons. The molecular formula is C14H24N2O3S. The van der Waals surface area contributed by atoms with E-state index in [9.17, 15) is 9.59 Å². The first kappa shape index (κ1) is 16.9. The second-order valence-electron chi connectivity index (χ2n) is 5.35. The predicted molar refractivity (Wildman–Crippen MR) is 80.4 cm³/mol. The van der Waals surface area contributed by atoms with Gasteiger partial charge in [0, 0.05) is 11.7 Å². The summed E-state index contributed by atoms with van der Waals surface area (Å²) < 4.78 is 5.47. The smallest absolute Gasteiger partial charge is 0.285 e. The van der Waals surface area contributed by atoms with Gasteiger partial charge in [0.25, 0.3) is 5.91 Å². The first-order chi connectivity index (χ1) is 9.36. The van der Waals surface area contributed by atoms with Crippen molar-refractivity contribution in [2.75, 3.05) is 12.5 Å². The Balaban J connectivity index is 2.69. The quantitative estimate of drug-likeness (QED) is 0.819. The van der Waals surface area contributed by atoms with Crippen molar-refractivity contribution in [3.63, 3.8) is 0 Å². The summed E-state index contributed by atoms with van der Waals surface area (Å²) in [6.07, 6.45) is 1.07. The molecule has 20 heavy (non-hydrogen) atoms. The lowest BCUT2D eigenvalue weighted by atomic mass is 10.2. The van der Waals surface area contributed by atoms with E-state index < -0.39 is 0 Å². The van der Waals surface area contributed by atoms with Crippen molar-refractivity contribution in [2.24, 2.45) is 11.8 Å². The van der Waals surface area contributed by atoms with Crippen LogP contribution in [0, 0.1) is 11.8 Å². The SMILES string of the molecule is CCC(C)CSC1=C(C)OCN(NC(=O)C(C)C)C1=O. The molecule has 0 aromatic carbocycles. The number of hydrogen-bond donors (Lipinski definition) is 1. The third kappa shape index (κ3) is 4.44. The maximum absolute atomic E-state index is 12.3. The summed E-state index contributed by atoms with van der Waals surface area (Å²) >= 11 is 1.50. The van der Waals surface area contributed by atoms with Crippen LogP contribution in [0.2, 0.25) is 0 Å². The van der Waals surface area contributed by atoms with E-state index in [0.29, 0.717) is 16.6 Å². The van der Waals surface area contributed by atoms with Crippen molar-refractivity contribution in [1.29, 1.82) is 0 Å². The van der Waals surface area contributed by atoms with Gasteiger partial charge in [-0.25, -0.2) is 5.01 Å². The Morgan fingerprint density at radius 1 is 1.45 bits per heavy atom. The number of amides is 2. The number of carbonyl (C=O) groups excluding carboxylic acids is 2. The first-order valence-electron chi connectivity index (χ1n) is 6.95. The second-order valence-corrected chi connectivity index (χ2v) is 6.38. The van der Waals surface area contributed by atoms with Gasteiger partial charge in [-0.2, -0.15) is 0 Å². The van der Waals surface area contributed by atoms with Crippen molar-refractivity contribution in [3.05, 3.63) is 10.7 Å². The number of rotatable bonds is 6. The summed E-state index contributed by atoms with van der Waals surface area (Å²) in [5.41, 5.74) is 2.59. The highest BCUT2D eigenvalue weighted by Gasteiger charge is 2.29. The molecule has 0 aromatic heterocycles. The van der Waals surface area contributed by atoms with E-state index in [1.54, 1.807) is 20.8 Å². The van der Waals surface area contributed by atoms with Crippen molar-refractivity contribution in [3.8, 4) is 0 Å². The van der Waals surface area contributed by atoms with E-state index in [1.165, 1.54) is 16.8 Å². The highest BCUT2D eigenvalue weighted by Crippen LogP contribution is 2.28. The average Bonchev–Trinajstić information content (AvgIpc) is 2.41. The fourth-order valence-corrected chi connectivity index (χ4v) is 2.59. The van der Waals surface area contributed by atoms with Crippen molar-refractivity contribution < 1.29 is 14.3 Å². The summed E-state index contributed by atoms with van der Waals surface area (Å²) in [4.78, 5) is 24.6. The van der Waals surface area contributed by atoms with Crippen LogP contribution >= 0.6 is 11.8 Å². The normalized spacial score (nSPS) is 17.3. The zero-order valence-electron chi connectivity index (χ0n) is 12.9. The molecule has 0 bridgehead atoms. The zero-order valence-corrected chi connectivity index (χ0v) is 13.7. The minimum absolute atomic E-state index is 0.0660. The predicted octanol–water partition coefficient (Wildman–Crippen LogP) is 2.50. The molecule has 1 aliphatic heterocycles. The van der Waals surface area contributed by atoms with Crippen LogP contribution in [0.25, 0.3) is 0 Å². The van der Waals surface area contributed by atoms with Crippen molar-refractivity contribution in [1.82, 2.24) is 10.4 Å². The number of hydrogen-bond acceptors (Lipinski definition) is 4. The third-order valence-electron chi connectivity index (χ3n) is 3.15. The monoisotopic (exact) mass is 300 g/mol. The highest BCUT2D eigenvalue weighted by atomic mass is 32.2. The lowest BCUT2D eigenvalue weighted by Gasteiger charge is -2.30. The molecule has 1 heterocycles. The molecule has 0 saturated carbocycles. The summed E-state index contributed by atoms with van der Waals surface area (Å²) in [6.45, 7) is 9.69. The number of thioether (sulfide) groups is 1. The molecule has 1 rings (SSSR count). The van der Waals surface area contributed by atoms with Gasteiger partial charge >= 0.3 is 0 Å². The molecule has 1 atom stereocenters. The molecule has 6 heteroatoms. The number of carbonyl (C=O) groups is 2. The van der Waals surface area contributed by atoms with Gasteiger partial charge in [0.15, 0.2) is 6.73 Å². The molecule has 5 nitrogen and oxygen atoms in total. The average molecular weight is 300 g/mol. The highest BCUT2D eigenvalue weighted by molar-refractivity contribution is 8.04. The standard InChI is InChI=1S/C14H24N2O3S/c1-6-10(4)7-20-12-11(5)19-8-16(14(12)18)15-13(17)9(2)3/h9-10H,6-8H2,1-5H3,(H,15,17). The minimum Gasteiger partial charge on any atom is -0.474 e. The van der Waals surface area contributed by atoms with Gasteiger partial charge in [0.05, 0.1) is 0 Å². The fourth-order valence-electron chi connectivity index (χ4n) is 1.41. The molecule has 0 fully saturated rings. The van der Waals surface area contributed by atoms with E-state index >= 15 is 0 Å². The van der Waals surface area contributed by atoms with Crippen LogP contribution < -0.4 is 5.43 Å². The number of hydrazine groups is 1.